The Hall–Kier alpha value is -1.97. The molecule has 0 bridgehead atoms. The molecule has 0 atom stereocenters. The predicted molar refractivity (Wildman–Crippen MR) is 92.1 cm³/mol. The number of ether oxygens (including phenoxy) is 2. The van der Waals surface area contributed by atoms with Crippen molar-refractivity contribution in [2.45, 2.75) is 17.7 Å². The molecule has 1 aromatic carbocycles. The zero-order chi connectivity index (χ0) is 18.6. The minimum Gasteiger partial charge on any atom is -0.452 e. The summed E-state index contributed by atoms with van der Waals surface area (Å²) in [6.07, 6.45) is 1.68. The molecular weight excluding hydrogens is 360 g/mol. The first-order valence-electron chi connectivity index (χ1n) is 8.61. The van der Waals surface area contributed by atoms with Gasteiger partial charge in [-0.05, 0) is 31.0 Å². The van der Waals surface area contributed by atoms with E-state index in [2.05, 4.69) is 0 Å². The van der Waals surface area contributed by atoms with Crippen molar-refractivity contribution in [1.29, 1.82) is 0 Å². The van der Waals surface area contributed by atoms with E-state index in [1.165, 1.54) is 28.6 Å². The number of carbonyl (C=O) groups excluding carboxylic acids is 2. The van der Waals surface area contributed by atoms with E-state index in [9.17, 15) is 18.0 Å². The number of hydrogen-bond donors (Lipinski definition) is 0. The molecule has 0 spiro atoms. The fourth-order valence-corrected chi connectivity index (χ4v) is 4.54. The number of benzene rings is 1. The standard InChI is InChI=1S/C17H22N2O6S/c20-16(18-8-10-24-11-9-18)13-25-17(21)14-4-3-5-15(12-14)26(22,23)19-6-1-2-7-19/h3-5,12H,1-2,6-11,13H2. The molecule has 1 amide bonds. The Labute approximate surface area is 152 Å². The highest BCUT2D eigenvalue weighted by atomic mass is 32.2. The van der Waals surface area contributed by atoms with E-state index in [-0.39, 0.29) is 23.0 Å². The molecule has 2 aliphatic heterocycles. The van der Waals surface area contributed by atoms with Crippen molar-refractivity contribution in [3.8, 4) is 0 Å². The Kier molecular flexibility index (Phi) is 5.90. The summed E-state index contributed by atoms with van der Waals surface area (Å²) in [4.78, 5) is 25.9. The highest BCUT2D eigenvalue weighted by Crippen LogP contribution is 2.21. The molecule has 2 saturated heterocycles. The Morgan fingerprint density at radius 2 is 1.77 bits per heavy atom. The average molecular weight is 382 g/mol. The van der Waals surface area contributed by atoms with E-state index in [1.54, 1.807) is 4.90 Å². The third-order valence-electron chi connectivity index (χ3n) is 4.46. The van der Waals surface area contributed by atoms with Gasteiger partial charge in [-0.25, -0.2) is 13.2 Å². The monoisotopic (exact) mass is 382 g/mol. The van der Waals surface area contributed by atoms with E-state index < -0.39 is 16.0 Å². The maximum Gasteiger partial charge on any atom is 0.338 e. The first kappa shape index (κ1) is 18.8. The second kappa shape index (κ2) is 8.15. The molecule has 26 heavy (non-hydrogen) atoms. The van der Waals surface area contributed by atoms with Gasteiger partial charge in [-0.1, -0.05) is 6.07 Å². The lowest BCUT2D eigenvalue weighted by Crippen LogP contribution is -2.42. The van der Waals surface area contributed by atoms with E-state index in [4.69, 9.17) is 9.47 Å². The summed E-state index contributed by atoms with van der Waals surface area (Å²) in [5, 5.41) is 0. The van der Waals surface area contributed by atoms with Crippen LogP contribution in [0.2, 0.25) is 0 Å². The number of hydrogen-bond acceptors (Lipinski definition) is 6. The van der Waals surface area contributed by atoms with E-state index in [1.807, 2.05) is 0 Å². The van der Waals surface area contributed by atoms with Crippen molar-refractivity contribution in [3.05, 3.63) is 29.8 Å². The lowest BCUT2D eigenvalue weighted by atomic mass is 10.2. The SMILES string of the molecule is O=C(OCC(=O)N1CCOCC1)c1cccc(S(=O)(=O)N2CCCC2)c1. The highest BCUT2D eigenvalue weighted by molar-refractivity contribution is 7.89. The Morgan fingerprint density at radius 1 is 1.08 bits per heavy atom. The smallest absolute Gasteiger partial charge is 0.338 e. The summed E-state index contributed by atoms with van der Waals surface area (Å²) in [5.41, 5.74) is 0.111. The van der Waals surface area contributed by atoms with Gasteiger partial charge in [-0.2, -0.15) is 4.31 Å². The molecule has 142 valence electrons. The summed E-state index contributed by atoms with van der Waals surface area (Å²) >= 11 is 0. The second-order valence-corrected chi connectivity index (χ2v) is 8.15. The number of sulfonamides is 1. The third-order valence-corrected chi connectivity index (χ3v) is 6.36. The first-order chi connectivity index (χ1) is 12.5. The lowest BCUT2D eigenvalue weighted by molar-refractivity contribution is -0.138. The molecule has 1 aromatic rings. The zero-order valence-electron chi connectivity index (χ0n) is 14.4. The summed E-state index contributed by atoms with van der Waals surface area (Å²) in [6.45, 7) is 2.49. The molecule has 2 aliphatic rings. The minimum absolute atomic E-state index is 0.0633. The summed E-state index contributed by atoms with van der Waals surface area (Å²) in [5.74, 6) is -1.01. The van der Waals surface area contributed by atoms with Gasteiger partial charge in [0.25, 0.3) is 5.91 Å². The number of esters is 1. The van der Waals surface area contributed by atoms with Crippen LogP contribution >= 0.6 is 0 Å². The number of carbonyl (C=O) groups is 2. The fourth-order valence-electron chi connectivity index (χ4n) is 2.98. The number of rotatable bonds is 5. The Bertz CT molecular complexity index is 767. The molecule has 0 aliphatic carbocycles. The molecular formula is C17H22N2O6S. The van der Waals surface area contributed by atoms with Crippen molar-refractivity contribution in [2.75, 3.05) is 46.0 Å². The largest absolute Gasteiger partial charge is 0.452 e. The number of amides is 1. The molecule has 8 nitrogen and oxygen atoms in total. The van der Waals surface area contributed by atoms with Gasteiger partial charge >= 0.3 is 5.97 Å². The molecule has 9 heteroatoms. The molecule has 0 radical (unpaired) electrons. The molecule has 0 unspecified atom stereocenters. The quantitative estimate of drug-likeness (QED) is 0.688. The Morgan fingerprint density at radius 3 is 2.46 bits per heavy atom. The van der Waals surface area contributed by atoms with Crippen LogP contribution < -0.4 is 0 Å². The van der Waals surface area contributed by atoms with Crippen LogP contribution in [0.4, 0.5) is 0 Å². The van der Waals surface area contributed by atoms with Crippen LogP contribution in [-0.4, -0.2) is 75.5 Å². The normalized spacial score (nSPS) is 18.7. The minimum atomic E-state index is -3.61. The summed E-state index contributed by atoms with van der Waals surface area (Å²) < 4.78 is 36.8. The maximum atomic E-state index is 12.6. The van der Waals surface area contributed by atoms with Crippen LogP contribution in [0.1, 0.15) is 23.2 Å². The fraction of sp³-hybridized carbons (Fsp3) is 0.529. The van der Waals surface area contributed by atoms with Gasteiger partial charge in [0.1, 0.15) is 0 Å². The van der Waals surface area contributed by atoms with Gasteiger partial charge in [-0.15, -0.1) is 0 Å². The van der Waals surface area contributed by atoms with Crippen LogP contribution in [0.5, 0.6) is 0 Å². The van der Waals surface area contributed by atoms with Crippen molar-refractivity contribution in [2.24, 2.45) is 0 Å². The van der Waals surface area contributed by atoms with E-state index >= 15 is 0 Å². The van der Waals surface area contributed by atoms with Gasteiger partial charge in [0.2, 0.25) is 10.0 Å². The molecule has 2 fully saturated rings. The topological polar surface area (TPSA) is 93.2 Å². The van der Waals surface area contributed by atoms with E-state index in [0.717, 1.165) is 12.8 Å². The van der Waals surface area contributed by atoms with Crippen LogP contribution in [0, 0.1) is 0 Å². The van der Waals surface area contributed by atoms with Gasteiger partial charge in [0.15, 0.2) is 6.61 Å². The van der Waals surface area contributed by atoms with Gasteiger partial charge in [-0.3, -0.25) is 4.79 Å². The van der Waals surface area contributed by atoms with Gasteiger partial charge < -0.3 is 14.4 Å². The highest BCUT2D eigenvalue weighted by Gasteiger charge is 2.28. The molecule has 0 saturated carbocycles. The number of morpholine rings is 1. The van der Waals surface area contributed by atoms with Crippen LogP contribution in [0.3, 0.4) is 0 Å². The van der Waals surface area contributed by atoms with Crippen LogP contribution in [-0.2, 0) is 24.3 Å². The van der Waals surface area contributed by atoms with Gasteiger partial charge in [0.05, 0.1) is 23.7 Å². The molecule has 2 heterocycles. The first-order valence-corrected chi connectivity index (χ1v) is 10.1. The third kappa shape index (κ3) is 4.22. The lowest BCUT2D eigenvalue weighted by Gasteiger charge is -2.26. The van der Waals surface area contributed by atoms with Crippen molar-refractivity contribution >= 4 is 21.9 Å². The van der Waals surface area contributed by atoms with E-state index in [0.29, 0.717) is 39.4 Å². The summed E-state index contributed by atoms with van der Waals surface area (Å²) in [7, 11) is -3.61. The van der Waals surface area contributed by atoms with Crippen LogP contribution in [0.15, 0.2) is 29.2 Å². The maximum absolute atomic E-state index is 12.6. The van der Waals surface area contributed by atoms with Crippen LogP contribution in [0.25, 0.3) is 0 Å². The molecule has 3 rings (SSSR count). The number of nitrogens with zero attached hydrogens (tertiary/aromatic N) is 2. The Balaban J connectivity index is 1.63. The van der Waals surface area contributed by atoms with Crippen molar-refractivity contribution < 1.29 is 27.5 Å². The zero-order valence-corrected chi connectivity index (χ0v) is 15.2. The second-order valence-electron chi connectivity index (χ2n) is 6.21. The molecule has 0 aromatic heterocycles. The summed E-state index contributed by atoms with van der Waals surface area (Å²) in [6, 6.07) is 5.74. The van der Waals surface area contributed by atoms with Crippen molar-refractivity contribution in [3.63, 3.8) is 0 Å². The predicted octanol–water partition coefficient (Wildman–Crippen LogP) is 0.487. The molecule has 0 N–H and O–H groups in total. The van der Waals surface area contributed by atoms with Crippen molar-refractivity contribution in [1.82, 2.24) is 9.21 Å². The average Bonchev–Trinajstić information content (AvgIpc) is 3.22. The van der Waals surface area contributed by atoms with Gasteiger partial charge in [0, 0.05) is 26.2 Å².